The quantitative estimate of drug-likeness (QED) is 0.120. The predicted molar refractivity (Wildman–Crippen MR) is 160 cm³/mol. The number of para-hydroxylation sites is 1. The number of likely N-dealkylation sites (tertiary alicyclic amines) is 1. The van der Waals surface area contributed by atoms with Crippen LogP contribution in [0.1, 0.15) is 86.6 Å². The normalized spacial score (nSPS) is 19.3. The summed E-state index contributed by atoms with van der Waals surface area (Å²) < 4.78 is 23.7. The highest BCUT2D eigenvalue weighted by molar-refractivity contribution is 5.96. The number of amides is 1. The molecule has 0 saturated carbocycles. The highest BCUT2D eigenvalue weighted by Gasteiger charge is 2.45. The Morgan fingerprint density at radius 1 is 0.905 bits per heavy atom. The van der Waals surface area contributed by atoms with Crippen molar-refractivity contribution in [3.05, 3.63) is 59.4 Å². The van der Waals surface area contributed by atoms with Crippen molar-refractivity contribution in [2.75, 3.05) is 49.3 Å². The van der Waals surface area contributed by atoms with Gasteiger partial charge in [-0.3, -0.25) is 14.5 Å². The van der Waals surface area contributed by atoms with Gasteiger partial charge in [-0.05, 0) is 61.7 Å². The minimum atomic E-state index is -0.499. The molecule has 0 unspecified atom stereocenters. The van der Waals surface area contributed by atoms with Crippen LogP contribution in [0, 0.1) is 5.82 Å². The average Bonchev–Trinajstić information content (AvgIpc) is 3.32. The van der Waals surface area contributed by atoms with Crippen molar-refractivity contribution in [2.24, 2.45) is 0 Å². The summed E-state index contributed by atoms with van der Waals surface area (Å²) in [6, 6.07) is 12.3. The topological polar surface area (TPSA) is 79.4 Å². The Morgan fingerprint density at radius 3 is 2.52 bits per heavy atom. The van der Waals surface area contributed by atoms with Gasteiger partial charge in [0.15, 0.2) is 5.78 Å². The molecule has 2 aromatic carbocycles. The molecule has 0 radical (unpaired) electrons. The second-order valence-corrected chi connectivity index (χ2v) is 11.6. The molecule has 2 atom stereocenters. The Labute approximate surface area is 247 Å². The minimum absolute atomic E-state index is 0.0435. The lowest BCUT2D eigenvalue weighted by Crippen LogP contribution is -2.50. The van der Waals surface area contributed by atoms with E-state index in [9.17, 15) is 18.8 Å². The van der Waals surface area contributed by atoms with Gasteiger partial charge in [-0.15, -0.1) is 0 Å². The first-order chi connectivity index (χ1) is 20.5. The summed E-state index contributed by atoms with van der Waals surface area (Å²) in [5.41, 5.74) is 3.75. The molecule has 9 heteroatoms. The molecular weight excluding hydrogens is 537 g/mol. The summed E-state index contributed by atoms with van der Waals surface area (Å²) >= 11 is 0. The van der Waals surface area contributed by atoms with Gasteiger partial charge in [0.05, 0.1) is 11.4 Å². The Morgan fingerprint density at radius 2 is 1.71 bits per heavy atom. The third kappa shape index (κ3) is 6.94. The fourth-order valence-electron chi connectivity index (χ4n) is 6.64. The first-order valence-corrected chi connectivity index (χ1v) is 15.5. The van der Waals surface area contributed by atoms with E-state index in [-0.39, 0.29) is 24.4 Å². The minimum Gasteiger partial charge on any atom is -0.428 e. The number of Topliss-reactive ketones (excluding diaryl/α,β-unsaturated/α-hetero) is 1. The lowest BCUT2D eigenvalue weighted by Gasteiger charge is -2.41. The van der Waals surface area contributed by atoms with Crippen LogP contribution in [0.25, 0.3) is 0 Å². The van der Waals surface area contributed by atoms with Crippen LogP contribution in [-0.2, 0) is 14.3 Å². The molecule has 3 heterocycles. The zero-order valence-corrected chi connectivity index (χ0v) is 24.6. The fourth-order valence-corrected chi connectivity index (χ4v) is 6.64. The lowest BCUT2D eigenvalue weighted by molar-refractivity contribution is -0.151. The number of anilines is 2. The van der Waals surface area contributed by atoms with Gasteiger partial charge in [0.2, 0.25) is 6.79 Å². The van der Waals surface area contributed by atoms with Gasteiger partial charge in [0.1, 0.15) is 5.82 Å². The molecule has 42 heavy (non-hydrogen) atoms. The molecule has 5 rings (SSSR count). The molecule has 8 nitrogen and oxygen atoms in total. The Hall–Kier alpha value is -3.46. The van der Waals surface area contributed by atoms with Gasteiger partial charge >= 0.3 is 12.1 Å². The molecule has 0 N–H and O–H groups in total. The first kappa shape index (κ1) is 30.0. The number of ether oxygens (including phenoxy) is 2. The maximum Gasteiger partial charge on any atom is 0.417 e. The third-order valence-electron chi connectivity index (χ3n) is 8.80. The van der Waals surface area contributed by atoms with Crippen LogP contribution >= 0.6 is 0 Å². The maximum absolute atomic E-state index is 13.2. The van der Waals surface area contributed by atoms with Crippen molar-refractivity contribution >= 4 is 29.2 Å². The summed E-state index contributed by atoms with van der Waals surface area (Å²) in [7, 11) is 0. The van der Waals surface area contributed by atoms with Crippen LogP contribution in [0.3, 0.4) is 0 Å². The number of unbranched alkanes of at least 4 members (excludes halogenated alkanes) is 4. The Balaban J connectivity index is 1.13. The first-order valence-electron chi connectivity index (χ1n) is 15.5. The number of carbonyl (C=O) groups excluding carboxylic acids is 3. The summed E-state index contributed by atoms with van der Waals surface area (Å²) in [6.07, 6.45) is 7.30. The number of esters is 1. The number of fused-ring (bicyclic) bond motifs is 3. The highest BCUT2D eigenvalue weighted by atomic mass is 19.1. The van der Waals surface area contributed by atoms with Crippen molar-refractivity contribution in [3.63, 3.8) is 0 Å². The monoisotopic (exact) mass is 579 g/mol. The summed E-state index contributed by atoms with van der Waals surface area (Å²) in [4.78, 5) is 44.1. The van der Waals surface area contributed by atoms with E-state index < -0.39 is 6.09 Å². The van der Waals surface area contributed by atoms with E-state index in [1.807, 2.05) is 12.1 Å². The number of nitrogens with zero attached hydrogens (tertiary/aromatic N) is 3. The second kappa shape index (κ2) is 14.1. The van der Waals surface area contributed by atoms with Crippen molar-refractivity contribution in [2.45, 2.75) is 76.7 Å². The molecule has 0 aromatic heterocycles. The third-order valence-corrected chi connectivity index (χ3v) is 8.80. The number of carbonyl (C=O) groups is 3. The van der Waals surface area contributed by atoms with Crippen molar-refractivity contribution in [1.82, 2.24) is 4.90 Å². The van der Waals surface area contributed by atoms with E-state index in [1.54, 1.807) is 17.0 Å². The van der Waals surface area contributed by atoms with Crippen molar-refractivity contribution in [1.29, 1.82) is 0 Å². The number of benzene rings is 2. The smallest absolute Gasteiger partial charge is 0.417 e. The number of rotatable bonds is 13. The highest BCUT2D eigenvalue weighted by Crippen LogP contribution is 2.50. The standard InChI is InChI=1S/C33H42FN3O5/c1-2-3-4-5-6-12-31(39)41-23-42-33(40)37-21-20-36-28-17-19-35(22-27(28)26-9-7-10-29(37)32(26)36)18-8-11-30(38)24-13-15-25(34)16-14-24/h7,9-10,13-16,27-28H,2-6,8,11-12,17-23H2,1H3/t27-,28-/m0/s1. The van der Waals surface area contributed by atoms with Crippen LogP contribution in [0.2, 0.25) is 0 Å². The van der Waals surface area contributed by atoms with Crippen molar-refractivity contribution in [3.8, 4) is 0 Å². The van der Waals surface area contributed by atoms with E-state index in [4.69, 9.17) is 9.47 Å². The zero-order chi connectivity index (χ0) is 29.5. The molecule has 1 fully saturated rings. The molecule has 3 aliphatic rings. The number of hydrogen-bond acceptors (Lipinski definition) is 7. The number of hydrogen-bond donors (Lipinski definition) is 0. The molecule has 0 spiro atoms. The molecular formula is C33H42FN3O5. The molecule has 3 aliphatic heterocycles. The molecule has 1 saturated heterocycles. The molecule has 1 amide bonds. The summed E-state index contributed by atoms with van der Waals surface area (Å²) in [5, 5.41) is 0. The van der Waals surface area contributed by atoms with Crippen LogP contribution in [0.4, 0.5) is 20.6 Å². The van der Waals surface area contributed by atoms with Crippen LogP contribution in [0.15, 0.2) is 42.5 Å². The van der Waals surface area contributed by atoms with Crippen LogP contribution in [-0.4, -0.2) is 68.3 Å². The van der Waals surface area contributed by atoms with E-state index in [0.717, 1.165) is 76.1 Å². The van der Waals surface area contributed by atoms with Gasteiger partial charge in [0.25, 0.3) is 0 Å². The maximum atomic E-state index is 13.2. The largest absolute Gasteiger partial charge is 0.428 e. The number of piperidine rings is 1. The zero-order valence-electron chi connectivity index (χ0n) is 24.6. The van der Waals surface area contributed by atoms with E-state index >= 15 is 0 Å². The number of halogens is 1. The number of ketones is 1. The molecule has 0 aliphatic carbocycles. The van der Waals surface area contributed by atoms with E-state index in [1.165, 1.54) is 24.1 Å². The van der Waals surface area contributed by atoms with Crippen LogP contribution in [0.5, 0.6) is 0 Å². The van der Waals surface area contributed by atoms with Crippen molar-refractivity contribution < 1.29 is 28.2 Å². The Kier molecular flexibility index (Phi) is 10.1. The van der Waals surface area contributed by atoms with Gasteiger partial charge in [0, 0.05) is 56.5 Å². The molecule has 2 aromatic rings. The van der Waals surface area contributed by atoms with Crippen LogP contribution < -0.4 is 9.80 Å². The van der Waals surface area contributed by atoms with Gasteiger partial charge in [-0.1, -0.05) is 44.7 Å². The second-order valence-electron chi connectivity index (χ2n) is 11.6. The predicted octanol–water partition coefficient (Wildman–Crippen LogP) is 6.28. The van der Waals surface area contributed by atoms with Gasteiger partial charge < -0.3 is 19.3 Å². The Bertz CT molecular complexity index is 1250. The van der Waals surface area contributed by atoms with Gasteiger partial charge in [-0.2, -0.15) is 0 Å². The van der Waals surface area contributed by atoms with E-state index in [2.05, 4.69) is 22.8 Å². The van der Waals surface area contributed by atoms with Gasteiger partial charge in [-0.25, -0.2) is 9.18 Å². The summed E-state index contributed by atoms with van der Waals surface area (Å²) in [6.45, 7) is 5.72. The molecule has 226 valence electrons. The lowest BCUT2D eigenvalue weighted by atomic mass is 9.89. The van der Waals surface area contributed by atoms with E-state index in [0.29, 0.717) is 36.9 Å². The SMILES string of the molecule is CCCCCCCC(=O)OCOC(=O)N1CCN2c3c(cccc31)[C@@H]1CN(CCCC(=O)c3ccc(F)cc3)CC[C@@H]12. The average molecular weight is 580 g/mol. The summed E-state index contributed by atoms with van der Waals surface area (Å²) in [5.74, 6) is -0.298. The molecule has 0 bridgehead atoms. The fraction of sp³-hybridized carbons (Fsp3) is 0.545.